The van der Waals surface area contributed by atoms with Crippen molar-refractivity contribution in [1.29, 1.82) is 0 Å². The lowest BCUT2D eigenvalue weighted by Gasteiger charge is -2.12. The second-order valence-electron chi connectivity index (χ2n) is 10.5. The molecule has 0 unspecified atom stereocenters. The van der Waals surface area contributed by atoms with E-state index in [2.05, 4.69) is 66.7 Å². The van der Waals surface area contributed by atoms with E-state index in [1.54, 1.807) is 12.1 Å². The van der Waals surface area contributed by atoms with Gasteiger partial charge in [0.1, 0.15) is 11.3 Å². The fourth-order valence-electron chi connectivity index (χ4n) is 6.12. The molecule has 0 N–H and O–H groups in total. The first-order valence-corrected chi connectivity index (χ1v) is 14.1. The third-order valence-corrected chi connectivity index (χ3v) is 8.06. The van der Waals surface area contributed by atoms with E-state index >= 15 is 0 Å². The van der Waals surface area contributed by atoms with Crippen molar-refractivity contribution >= 4 is 54.6 Å². The molecule has 0 atom stereocenters. The summed E-state index contributed by atoms with van der Waals surface area (Å²) in [6.45, 7) is 0. The zero-order valence-electron chi connectivity index (χ0n) is 27.8. The predicted molar refractivity (Wildman–Crippen MR) is 178 cm³/mol. The normalized spacial score (nSPS) is 13.3. The van der Waals surface area contributed by atoms with Crippen molar-refractivity contribution in [3.63, 3.8) is 0 Å². The van der Waals surface area contributed by atoms with Crippen LogP contribution in [-0.2, 0) is 0 Å². The molecular weight excluding hydrogens is 524 g/mol. The van der Waals surface area contributed by atoms with E-state index in [9.17, 15) is 0 Å². The Balaban J connectivity index is 1.26. The van der Waals surface area contributed by atoms with Gasteiger partial charge in [0.2, 0.25) is 0 Å². The maximum absolute atomic E-state index is 8.49. The lowest BCUT2D eigenvalue weighted by molar-refractivity contribution is 1.06. The highest BCUT2D eigenvalue weighted by Gasteiger charge is 2.18. The number of benzene rings is 6. The lowest BCUT2D eigenvalue weighted by Crippen LogP contribution is -2.00. The molecule has 9 rings (SSSR count). The summed E-state index contributed by atoms with van der Waals surface area (Å²) in [6, 6.07) is 36.7. The van der Waals surface area contributed by atoms with Gasteiger partial charge in [-0.25, -0.2) is 15.0 Å². The van der Waals surface area contributed by atoms with Crippen molar-refractivity contribution in [1.82, 2.24) is 19.5 Å². The standard InChI is InChI=1S/C39H24N4/c1-2-11-25(12-3-1)33-18-10-20-37(40-33)43-36-19-9-8-17-31(36)38-39(43)42-34-22-21-27(24-35(34)41-38)32-23-26-13-4-5-14-28(26)29-15-6-7-16-30(29)32/h1-24H/i1D,2D,3D,11D,12D. The fourth-order valence-corrected chi connectivity index (χ4v) is 6.12. The molecule has 0 fully saturated rings. The number of pyridine rings is 1. The number of aromatic nitrogens is 4. The number of nitrogens with zero attached hydrogens (tertiary/aromatic N) is 4. The molecule has 43 heavy (non-hydrogen) atoms. The smallest absolute Gasteiger partial charge is 0.166 e. The van der Waals surface area contributed by atoms with Crippen LogP contribution in [0.1, 0.15) is 6.85 Å². The van der Waals surface area contributed by atoms with Gasteiger partial charge in [-0.3, -0.25) is 4.57 Å². The number of rotatable bonds is 3. The van der Waals surface area contributed by atoms with Crippen LogP contribution in [-0.4, -0.2) is 19.5 Å². The zero-order valence-corrected chi connectivity index (χ0v) is 22.8. The molecule has 3 aromatic heterocycles. The third kappa shape index (κ3) is 3.74. The Kier molecular flexibility index (Phi) is 4.18. The maximum atomic E-state index is 8.49. The first-order chi connectivity index (χ1) is 23.4. The van der Waals surface area contributed by atoms with Gasteiger partial charge in [-0.2, -0.15) is 0 Å². The summed E-state index contributed by atoms with van der Waals surface area (Å²) >= 11 is 0. The first-order valence-electron chi connectivity index (χ1n) is 16.6. The Bertz CT molecular complexity index is 2780. The van der Waals surface area contributed by atoms with Gasteiger partial charge >= 0.3 is 0 Å². The fraction of sp³-hybridized carbons (Fsp3) is 0. The van der Waals surface area contributed by atoms with Crippen molar-refractivity contribution in [2.75, 3.05) is 0 Å². The summed E-state index contributed by atoms with van der Waals surface area (Å²) in [7, 11) is 0. The van der Waals surface area contributed by atoms with Gasteiger partial charge in [-0.05, 0) is 69.1 Å². The van der Waals surface area contributed by atoms with Crippen LogP contribution in [0.4, 0.5) is 0 Å². The molecule has 0 radical (unpaired) electrons. The van der Waals surface area contributed by atoms with Crippen LogP contribution in [0.5, 0.6) is 0 Å². The maximum Gasteiger partial charge on any atom is 0.166 e. The highest BCUT2D eigenvalue weighted by Crippen LogP contribution is 2.37. The molecule has 0 saturated carbocycles. The molecule has 0 aliphatic carbocycles. The largest absolute Gasteiger partial charge is 0.276 e. The number of fused-ring (bicyclic) bond motifs is 7. The van der Waals surface area contributed by atoms with E-state index in [0.29, 0.717) is 17.0 Å². The minimum atomic E-state index is -0.439. The number of para-hydroxylation sites is 1. The minimum Gasteiger partial charge on any atom is -0.276 e. The molecule has 4 nitrogen and oxygen atoms in total. The van der Waals surface area contributed by atoms with Crippen LogP contribution in [0.3, 0.4) is 0 Å². The lowest BCUT2D eigenvalue weighted by atomic mass is 9.93. The summed E-state index contributed by atoms with van der Waals surface area (Å²) in [6.07, 6.45) is 0. The monoisotopic (exact) mass is 553 g/mol. The van der Waals surface area contributed by atoms with Gasteiger partial charge in [-0.1, -0.05) is 109 Å². The highest BCUT2D eigenvalue weighted by atomic mass is 15.1. The minimum absolute atomic E-state index is 0.0499. The van der Waals surface area contributed by atoms with Crippen LogP contribution in [0.25, 0.3) is 82.8 Å². The van der Waals surface area contributed by atoms with Gasteiger partial charge < -0.3 is 0 Å². The SMILES string of the molecule is [2H]c1c([2H])c([2H])c(-c2cccc(-n3c4ccccc4c4nc5cc(-c6cc7ccccc7c7ccccc67)ccc5nc43)n2)c([2H])c1[2H]. The van der Waals surface area contributed by atoms with E-state index in [0.717, 1.165) is 33.1 Å². The second kappa shape index (κ2) is 9.33. The van der Waals surface area contributed by atoms with E-state index in [1.165, 1.54) is 21.5 Å². The molecule has 0 aliphatic heterocycles. The molecule has 6 aromatic carbocycles. The summed E-state index contributed by atoms with van der Waals surface area (Å²) in [4.78, 5) is 15.1. The molecule has 9 aromatic rings. The Labute approximate surface area is 254 Å². The molecule has 0 amide bonds. The third-order valence-electron chi connectivity index (χ3n) is 8.06. The predicted octanol–water partition coefficient (Wildman–Crippen LogP) is 9.76. The Morgan fingerprint density at radius 3 is 2.19 bits per heavy atom. The van der Waals surface area contributed by atoms with Crippen LogP contribution in [0.15, 0.2) is 145 Å². The summed E-state index contributed by atoms with van der Waals surface area (Å²) < 4.78 is 43.2. The average Bonchev–Trinajstić information content (AvgIpc) is 3.45. The average molecular weight is 554 g/mol. The summed E-state index contributed by atoms with van der Waals surface area (Å²) in [5.74, 6) is 0.499. The highest BCUT2D eigenvalue weighted by molar-refractivity contribution is 6.14. The summed E-state index contributed by atoms with van der Waals surface area (Å²) in [5.41, 5.74) is 6.16. The van der Waals surface area contributed by atoms with Crippen LogP contribution in [0, 0.1) is 0 Å². The Hall–Kier alpha value is -5.87. The Morgan fingerprint density at radius 2 is 1.30 bits per heavy atom. The van der Waals surface area contributed by atoms with Gasteiger partial charge in [0.05, 0.1) is 29.1 Å². The molecule has 200 valence electrons. The molecule has 4 heteroatoms. The topological polar surface area (TPSA) is 43.6 Å². The Morgan fingerprint density at radius 1 is 0.535 bits per heavy atom. The van der Waals surface area contributed by atoms with Crippen molar-refractivity contribution in [2.24, 2.45) is 0 Å². The van der Waals surface area contributed by atoms with Gasteiger partial charge in [0.25, 0.3) is 0 Å². The number of hydrogen-bond donors (Lipinski definition) is 0. The zero-order chi connectivity index (χ0) is 32.7. The van der Waals surface area contributed by atoms with E-state index in [4.69, 9.17) is 21.8 Å². The molecule has 0 aliphatic rings. The van der Waals surface area contributed by atoms with Gasteiger partial charge in [0.15, 0.2) is 5.65 Å². The van der Waals surface area contributed by atoms with Crippen molar-refractivity contribution in [3.05, 3.63) is 145 Å². The number of hydrogen-bond acceptors (Lipinski definition) is 3. The van der Waals surface area contributed by atoms with Gasteiger partial charge in [0, 0.05) is 10.9 Å². The molecule has 3 heterocycles. The van der Waals surface area contributed by atoms with E-state index in [-0.39, 0.29) is 23.3 Å². The van der Waals surface area contributed by atoms with Gasteiger partial charge in [-0.15, -0.1) is 0 Å². The van der Waals surface area contributed by atoms with E-state index in [1.807, 2.05) is 41.0 Å². The first kappa shape index (κ1) is 19.3. The molecule has 0 bridgehead atoms. The van der Waals surface area contributed by atoms with Crippen LogP contribution < -0.4 is 0 Å². The quantitative estimate of drug-likeness (QED) is 0.205. The molecule has 0 saturated heterocycles. The molecular formula is C39H24N4. The van der Waals surface area contributed by atoms with Crippen molar-refractivity contribution in [3.8, 4) is 28.2 Å². The van der Waals surface area contributed by atoms with E-state index < -0.39 is 18.1 Å². The summed E-state index contributed by atoms with van der Waals surface area (Å²) in [5, 5.41) is 5.67. The van der Waals surface area contributed by atoms with Crippen molar-refractivity contribution < 1.29 is 6.85 Å². The van der Waals surface area contributed by atoms with Crippen LogP contribution in [0.2, 0.25) is 0 Å². The van der Waals surface area contributed by atoms with Crippen molar-refractivity contribution in [2.45, 2.75) is 0 Å². The second-order valence-corrected chi connectivity index (χ2v) is 10.5. The molecule has 0 spiro atoms. The van der Waals surface area contributed by atoms with Crippen LogP contribution >= 0.6 is 0 Å².